The topological polar surface area (TPSA) is 32.3 Å². The van der Waals surface area contributed by atoms with Gasteiger partial charge in [-0.2, -0.15) is 0 Å². The van der Waals surface area contributed by atoms with Crippen molar-refractivity contribution in [2.24, 2.45) is 0 Å². The molecule has 0 atom stereocenters. The quantitative estimate of drug-likeness (QED) is 0.755. The zero-order chi connectivity index (χ0) is 13.6. The van der Waals surface area contributed by atoms with Gasteiger partial charge in [0.05, 0.1) is 5.60 Å². The molecule has 19 heavy (non-hydrogen) atoms. The highest BCUT2D eigenvalue weighted by molar-refractivity contribution is 5.18. The van der Waals surface area contributed by atoms with Crippen molar-refractivity contribution in [2.45, 2.75) is 89.2 Å². The Morgan fingerprint density at radius 1 is 1.21 bits per heavy atom. The Balaban J connectivity index is 1.88. The van der Waals surface area contributed by atoms with Gasteiger partial charge in [-0.05, 0) is 69.9 Å². The smallest absolute Gasteiger partial charge is 0.0857 e. The molecule has 0 saturated heterocycles. The van der Waals surface area contributed by atoms with Gasteiger partial charge in [-0.15, -0.1) is 0 Å². The molecule has 0 heterocycles. The molecule has 110 valence electrons. The standard InChI is InChI=1S/C17H31NO/c1-2-14-18-16-10-12-17(19,13-11-16)15-8-6-4-3-5-7-9-15/h8,16,18-19H,2-7,9-14H2,1H3. The van der Waals surface area contributed by atoms with E-state index in [0.717, 1.165) is 38.6 Å². The number of rotatable bonds is 4. The molecule has 0 aromatic carbocycles. The summed E-state index contributed by atoms with van der Waals surface area (Å²) in [5.41, 5.74) is 0.892. The summed E-state index contributed by atoms with van der Waals surface area (Å²) < 4.78 is 0. The van der Waals surface area contributed by atoms with Gasteiger partial charge in [-0.25, -0.2) is 0 Å². The van der Waals surface area contributed by atoms with Gasteiger partial charge in [0, 0.05) is 6.04 Å². The maximum absolute atomic E-state index is 11.0. The summed E-state index contributed by atoms with van der Waals surface area (Å²) in [5, 5.41) is 14.6. The van der Waals surface area contributed by atoms with Gasteiger partial charge in [-0.3, -0.25) is 0 Å². The van der Waals surface area contributed by atoms with Crippen molar-refractivity contribution in [3.05, 3.63) is 11.6 Å². The average Bonchev–Trinajstić information content (AvgIpc) is 2.37. The van der Waals surface area contributed by atoms with Crippen LogP contribution >= 0.6 is 0 Å². The van der Waals surface area contributed by atoms with Crippen molar-refractivity contribution in [2.75, 3.05) is 6.54 Å². The molecule has 0 radical (unpaired) electrons. The van der Waals surface area contributed by atoms with Crippen LogP contribution in [0.4, 0.5) is 0 Å². The monoisotopic (exact) mass is 265 g/mol. The first-order valence-corrected chi connectivity index (χ1v) is 8.40. The fraction of sp³-hybridized carbons (Fsp3) is 0.882. The maximum Gasteiger partial charge on any atom is 0.0857 e. The van der Waals surface area contributed by atoms with Gasteiger partial charge in [0.2, 0.25) is 0 Å². The second kappa shape index (κ2) is 7.44. The predicted octanol–water partition coefficient (Wildman–Crippen LogP) is 3.94. The fourth-order valence-corrected chi connectivity index (χ4v) is 3.58. The average molecular weight is 265 g/mol. The number of allylic oxidation sites excluding steroid dienone is 1. The molecule has 0 unspecified atom stereocenters. The van der Waals surface area contributed by atoms with E-state index in [4.69, 9.17) is 0 Å². The van der Waals surface area contributed by atoms with E-state index in [1.165, 1.54) is 44.1 Å². The number of aliphatic hydroxyl groups is 1. The molecule has 0 bridgehead atoms. The first-order valence-electron chi connectivity index (χ1n) is 8.40. The minimum Gasteiger partial charge on any atom is -0.386 e. The first kappa shape index (κ1) is 15.1. The van der Waals surface area contributed by atoms with Gasteiger partial charge < -0.3 is 10.4 Å². The predicted molar refractivity (Wildman–Crippen MR) is 81.3 cm³/mol. The SMILES string of the molecule is CCCNC1CCC(O)(C2=CCCCCCC2)CC1. The third kappa shape index (κ3) is 4.32. The third-order valence-electron chi connectivity index (χ3n) is 4.88. The van der Waals surface area contributed by atoms with Gasteiger partial charge in [0.1, 0.15) is 0 Å². The van der Waals surface area contributed by atoms with Crippen LogP contribution in [0.1, 0.15) is 77.6 Å². The Morgan fingerprint density at radius 2 is 1.95 bits per heavy atom. The van der Waals surface area contributed by atoms with E-state index in [9.17, 15) is 5.11 Å². The van der Waals surface area contributed by atoms with E-state index in [-0.39, 0.29) is 0 Å². The van der Waals surface area contributed by atoms with Gasteiger partial charge in [0.15, 0.2) is 0 Å². The molecule has 2 aliphatic carbocycles. The zero-order valence-corrected chi connectivity index (χ0v) is 12.6. The van der Waals surface area contributed by atoms with Crippen LogP contribution in [-0.2, 0) is 0 Å². The highest BCUT2D eigenvalue weighted by Gasteiger charge is 2.35. The Bertz CT molecular complexity index is 290. The van der Waals surface area contributed by atoms with Crippen LogP contribution < -0.4 is 5.32 Å². The summed E-state index contributed by atoms with van der Waals surface area (Å²) in [5.74, 6) is 0. The molecule has 2 N–H and O–H groups in total. The molecule has 0 aromatic heterocycles. The second-order valence-corrected chi connectivity index (χ2v) is 6.44. The van der Waals surface area contributed by atoms with Crippen LogP contribution in [0.25, 0.3) is 0 Å². The molecule has 0 aromatic rings. The molecule has 1 saturated carbocycles. The highest BCUT2D eigenvalue weighted by atomic mass is 16.3. The van der Waals surface area contributed by atoms with Crippen LogP contribution in [0.5, 0.6) is 0 Å². The minimum absolute atomic E-state index is 0.471. The van der Waals surface area contributed by atoms with E-state index < -0.39 is 5.60 Å². The summed E-state index contributed by atoms with van der Waals surface area (Å²) >= 11 is 0. The summed E-state index contributed by atoms with van der Waals surface area (Å²) in [4.78, 5) is 0. The molecule has 2 nitrogen and oxygen atoms in total. The van der Waals surface area contributed by atoms with Crippen molar-refractivity contribution >= 4 is 0 Å². The van der Waals surface area contributed by atoms with E-state index in [0.29, 0.717) is 6.04 Å². The van der Waals surface area contributed by atoms with Gasteiger partial charge >= 0.3 is 0 Å². The summed E-state index contributed by atoms with van der Waals surface area (Å²) in [7, 11) is 0. The van der Waals surface area contributed by atoms with Crippen molar-refractivity contribution in [1.29, 1.82) is 0 Å². The van der Waals surface area contributed by atoms with Crippen LogP contribution in [0.3, 0.4) is 0 Å². The molecule has 2 aliphatic rings. The van der Waals surface area contributed by atoms with Crippen LogP contribution in [0.15, 0.2) is 11.6 Å². The van der Waals surface area contributed by atoms with E-state index in [1.807, 2.05) is 0 Å². The summed E-state index contributed by atoms with van der Waals surface area (Å²) in [6, 6.07) is 0.634. The molecule has 0 spiro atoms. The molecule has 2 heteroatoms. The highest BCUT2D eigenvalue weighted by Crippen LogP contribution is 2.37. The van der Waals surface area contributed by atoms with E-state index >= 15 is 0 Å². The lowest BCUT2D eigenvalue weighted by Gasteiger charge is -2.39. The minimum atomic E-state index is -0.471. The van der Waals surface area contributed by atoms with Crippen molar-refractivity contribution in [3.8, 4) is 0 Å². The number of hydrogen-bond donors (Lipinski definition) is 2. The molecule has 0 amide bonds. The molecule has 2 rings (SSSR count). The maximum atomic E-state index is 11.0. The molecular formula is C17H31NO. The van der Waals surface area contributed by atoms with Crippen LogP contribution in [-0.4, -0.2) is 23.3 Å². The van der Waals surface area contributed by atoms with Gasteiger partial charge in [0.25, 0.3) is 0 Å². The van der Waals surface area contributed by atoms with E-state index in [1.54, 1.807) is 0 Å². The Morgan fingerprint density at radius 3 is 2.68 bits per heavy atom. The fourth-order valence-electron chi connectivity index (χ4n) is 3.58. The lowest BCUT2D eigenvalue weighted by molar-refractivity contribution is 0.0269. The molecule has 1 fully saturated rings. The summed E-state index contributed by atoms with van der Waals surface area (Å²) in [6.45, 7) is 3.33. The normalized spacial score (nSPS) is 33.4. The number of hydrogen-bond acceptors (Lipinski definition) is 2. The second-order valence-electron chi connectivity index (χ2n) is 6.44. The Labute approximate surface area is 118 Å². The Hall–Kier alpha value is -0.340. The zero-order valence-electron chi connectivity index (χ0n) is 12.6. The number of nitrogens with one attached hydrogen (secondary N) is 1. The van der Waals surface area contributed by atoms with Crippen molar-refractivity contribution < 1.29 is 5.11 Å². The van der Waals surface area contributed by atoms with Crippen molar-refractivity contribution in [1.82, 2.24) is 5.32 Å². The molecular weight excluding hydrogens is 234 g/mol. The van der Waals surface area contributed by atoms with Gasteiger partial charge in [-0.1, -0.05) is 25.8 Å². The largest absolute Gasteiger partial charge is 0.386 e. The lowest BCUT2D eigenvalue weighted by atomic mass is 9.75. The van der Waals surface area contributed by atoms with E-state index in [2.05, 4.69) is 18.3 Å². The Kier molecular flexibility index (Phi) is 5.90. The molecule has 0 aliphatic heterocycles. The van der Waals surface area contributed by atoms with Crippen LogP contribution in [0.2, 0.25) is 0 Å². The first-order chi connectivity index (χ1) is 9.24. The lowest BCUT2D eigenvalue weighted by Crippen LogP contribution is -2.42. The summed E-state index contributed by atoms with van der Waals surface area (Å²) in [6.07, 6.45) is 15.3. The third-order valence-corrected chi connectivity index (χ3v) is 4.88. The van der Waals surface area contributed by atoms with Crippen LogP contribution in [0, 0.1) is 0 Å². The van der Waals surface area contributed by atoms with Crippen molar-refractivity contribution in [3.63, 3.8) is 0 Å².